The molecule has 64 heavy (non-hydrogen) atoms. The Morgan fingerprint density at radius 2 is 1.33 bits per heavy atom. The Bertz CT molecular complexity index is 1790. The maximum Gasteiger partial charge on any atom is 0.326 e. The van der Waals surface area contributed by atoms with Crippen LogP contribution in [-0.2, 0) is 62.4 Å². The number of rotatable bonds is 32. The van der Waals surface area contributed by atoms with Crippen LogP contribution in [0.3, 0.4) is 0 Å². The summed E-state index contributed by atoms with van der Waals surface area (Å²) in [6.07, 6.45) is 3.07. The number of carboxylic acid groups (broad SMARTS) is 1. The van der Waals surface area contributed by atoms with Gasteiger partial charge in [0, 0.05) is 44.1 Å². The van der Waals surface area contributed by atoms with E-state index in [0.717, 1.165) is 0 Å². The molecular formula is C40H64N10O12S2. The molecule has 11 N–H and O–H groups in total. The van der Waals surface area contributed by atoms with Gasteiger partial charge in [-0.15, -0.1) is 5.10 Å². The SMILES string of the molecule is COCCOCCn1cc(CCC(=O)N[C@@H](CCCCN)C(=O)N[C@@H](CS)C(=O)N[C@@H](CS)C(=O)N[C@H](Cc2ccc(O)cc2)C(=O)N[C@@H](CO)C(=O)N[C@@H](CC(C)C)C(=O)O)nn1. The Balaban J connectivity index is 2.13. The summed E-state index contributed by atoms with van der Waals surface area (Å²) in [6, 6.07) is -2.37. The van der Waals surface area contributed by atoms with E-state index in [4.69, 9.17) is 15.2 Å². The number of carbonyl (C=O) groups is 7. The van der Waals surface area contributed by atoms with Gasteiger partial charge in [0.25, 0.3) is 0 Å². The molecule has 0 spiro atoms. The zero-order chi connectivity index (χ0) is 47.6. The van der Waals surface area contributed by atoms with Gasteiger partial charge < -0.3 is 62.4 Å². The summed E-state index contributed by atoms with van der Waals surface area (Å²) in [5.74, 6) is -6.74. The summed E-state index contributed by atoms with van der Waals surface area (Å²) >= 11 is 8.46. The number of carboxylic acids is 1. The zero-order valence-corrected chi connectivity index (χ0v) is 38.2. The van der Waals surface area contributed by atoms with Crippen molar-refractivity contribution >= 4 is 66.7 Å². The number of hydrogen-bond donors (Lipinski definition) is 12. The van der Waals surface area contributed by atoms with Crippen molar-refractivity contribution in [3.05, 3.63) is 41.7 Å². The second-order valence-electron chi connectivity index (χ2n) is 15.2. The van der Waals surface area contributed by atoms with Gasteiger partial charge in [-0.05, 0) is 55.8 Å². The summed E-state index contributed by atoms with van der Waals surface area (Å²) in [4.78, 5) is 92.1. The normalized spacial score (nSPS) is 14.0. The van der Waals surface area contributed by atoms with E-state index in [1.807, 2.05) is 0 Å². The van der Waals surface area contributed by atoms with Crippen LogP contribution in [-0.4, -0.2) is 160 Å². The Morgan fingerprint density at radius 3 is 1.89 bits per heavy atom. The number of ether oxygens (including phenoxy) is 2. The van der Waals surface area contributed by atoms with Crippen molar-refractivity contribution in [2.24, 2.45) is 11.7 Å². The summed E-state index contributed by atoms with van der Waals surface area (Å²) in [5, 5.41) is 52.4. The van der Waals surface area contributed by atoms with Gasteiger partial charge in [0.15, 0.2) is 0 Å². The fraction of sp³-hybridized carbons (Fsp3) is 0.625. The van der Waals surface area contributed by atoms with Crippen LogP contribution in [0.2, 0.25) is 0 Å². The predicted molar refractivity (Wildman–Crippen MR) is 239 cm³/mol. The van der Waals surface area contributed by atoms with Gasteiger partial charge in [-0.3, -0.25) is 28.8 Å². The highest BCUT2D eigenvalue weighted by atomic mass is 32.1. The standard InChI is InChI=1S/C40H64N10O12S2/c1-24(2)18-30(40(59)60)44-37(56)31(21-51)45-36(55)29(19-25-7-10-27(52)11-8-25)43-38(57)32(22-63)47-39(58)33(23-64)46-35(54)28(6-4-5-13-41)42-34(53)12-9-26-20-50(49-48-26)14-15-62-17-16-61-3/h7-8,10-11,20,24,28-33,51-52,63-64H,4-6,9,12-19,21-23,41H2,1-3H3,(H,42,53)(H,43,57)(H,44,56)(H,45,55)(H,46,54)(H,47,58)(H,59,60)/t28-,29+,30-,31-,32-,33-/m0/s1. The van der Waals surface area contributed by atoms with Crippen LogP contribution in [0.1, 0.15) is 57.2 Å². The maximum atomic E-state index is 13.7. The minimum Gasteiger partial charge on any atom is -0.508 e. The zero-order valence-electron chi connectivity index (χ0n) is 36.4. The van der Waals surface area contributed by atoms with Crippen LogP contribution in [0.5, 0.6) is 5.75 Å². The van der Waals surface area contributed by atoms with E-state index in [1.54, 1.807) is 31.8 Å². The van der Waals surface area contributed by atoms with Gasteiger partial charge in [0.2, 0.25) is 35.4 Å². The molecule has 0 aliphatic carbocycles. The number of phenolic OH excluding ortho intramolecular Hbond substituents is 1. The molecule has 0 fully saturated rings. The van der Waals surface area contributed by atoms with Crippen molar-refractivity contribution in [1.82, 2.24) is 46.9 Å². The molecule has 2 aromatic rings. The number of aromatic hydroxyl groups is 1. The van der Waals surface area contributed by atoms with Gasteiger partial charge in [-0.2, -0.15) is 25.3 Å². The number of phenols is 1. The number of nitrogens with one attached hydrogen (secondary N) is 6. The summed E-state index contributed by atoms with van der Waals surface area (Å²) in [7, 11) is 1.58. The van der Waals surface area contributed by atoms with Crippen LogP contribution < -0.4 is 37.6 Å². The predicted octanol–water partition coefficient (Wildman–Crippen LogP) is -2.16. The van der Waals surface area contributed by atoms with Crippen molar-refractivity contribution in [3.63, 3.8) is 0 Å². The number of amides is 6. The second-order valence-corrected chi connectivity index (χ2v) is 15.9. The lowest BCUT2D eigenvalue weighted by molar-refractivity contribution is -0.143. The number of methoxy groups -OCH3 is 1. The molecule has 0 unspecified atom stereocenters. The summed E-state index contributed by atoms with van der Waals surface area (Å²) < 4.78 is 12.0. The van der Waals surface area contributed by atoms with E-state index >= 15 is 0 Å². The van der Waals surface area contributed by atoms with E-state index in [9.17, 15) is 48.9 Å². The number of aliphatic carboxylic acids is 1. The van der Waals surface area contributed by atoms with Crippen molar-refractivity contribution < 1.29 is 58.4 Å². The highest BCUT2D eigenvalue weighted by Crippen LogP contribution is 2.13. The molecule has 6 amide bonds. The number of nitrogens with two attached hydrogens (primary N) is 1. The number of aliphatic hydroxyl groups is 1. The van der Waals surface area contributed by atoms with Gasteiger partial charge in [0.1, 0.15) is 42.0 Å². The average Bonchev–Trinajstić information content (AvgIpc) is 3.72. The Hall–Kier alpha value is -5.01. The molecule has 1 heterocycles. The largest absolute Gasteiger partial charge is 0.508 e. The smallest absolute Gasteiger partial charge is 0.326 e. The molecule has 2 rings (SSSR count). The molecule has 1 aromatic carbocycles. The van der Waals surface area contributed by atoms with E-state index in [2.05, 4.69) is 67.5 Å². The Morgan fingerprint density at radius 1 is 0.766 bits per heavy atom. The van der Waals surface area contributed by atoms with Crippen LogP contribution in [0.4, 0.5) is 0 Å². The number of hydrogen-bond acceptors (Lipinski definition) is 16. The topological polar surface area (TPSA) is 328 Å². The third-order valence-corrected chi connectivity index (χ3v) is 10.2. The van der Waals surface area contributed by atoms with Crippen LogP contribution in [0.15, 0.2) is 30.5 Å². The summed E-state index contributed by atoms with van der Waals surface area (Å²) in [5.41, 5.74) is 6.68. The molecule has 0 aliphatic rings. The number of carbonyl (C=O) groups excluding carboxylic acids is 6. The third kappa shape index (κ3) is 20.7. The quantitative estimate of drug-likeness (QED) is 0.0275. The van der Waals surface area contributed by atoms with Crippen LogP contribution >= 0.6 is 25.3 Å². The number of aliphatic hydroxyl groups excluding tert-OH is 1. The Kier molecular flexibility index (Phi) is 26.0. The first-order valence-corrected chi connectivity index (χ1v) is 22.1. The number of nitrogens with zero attached hydrogens (tertiary/aromatic N) is 3. The molecule has 0 bridgehead atoms. The molecule has 358 valence electrons. The molecule has 6 atom stereocenters. The molecule has 24 heteroatoms. The lowest BCUT2D eigenvalue weighted by atomic mass is 10.0. The highest BCUT2D eigenvalue weighted by Gasteiger charge is 2.33. The van der Waals surface area contributed by atoms with E-state index in [0.29, 0.717) is 57.0 Å². The second kappa shape index (κ2) is 30.2. The molecule has 0 radical (unpaired) electrons. The molecule has 1 aromatic heterocycles. The molecule has 22 nitrogen and oxygen atoms in total. The first-order valence-electron chi connectivity index (χ1n) is 20.9. The van der Waals surface area contributed by atoms with Crippen LogP contribution in [0.25, 0.3) is 0 Å². The van der Waals surface area contributed by atoms with Crippen molar-refractivity contribution in [1.29, 1.82) is 0 Å². The fourth-order valence-corrected chi connectivity index (χ4v) is 6.46. The molecular weight excluding hydrogens is 877 g/mol. The molecule has 0 aliphatic heterocycles. The monoisotopic (exact) mass is 940 g/mol. The maximum absolute atomic E-state index is 13.7. The van der Waals surface area contributed by atoms with E-state index < -0.39 is 84.3 Å². The summed E-state index contributed by atoms with van der Waals surface area (Å²) in [6.45, 7) is 4.71. The number of aryl methyl sites for hydroxylation is 1. The van der Waals surface area contributed by atoms with Crippen LogP contribution in [0, 0.1) is 5.92 Å². The fourth-order valence-electron chi connectivity index (χ4n) is 5.95. The number of benzene rings is 1. The van der Waals surface area contributed by atoms with Crippen molar-refractivity contribution in [2.45, 2.75) is 102 Å². The molecule has 0 saturated heterocycles. The molecule has 0 saturated carbocycles. The van der Waals surface area contributed by atoms with Crippen molar-refractivity contribution in [2.75, 3.05) is 51.6 Å². The first-order chi connectivity index (χ1) is 30.5. The number of aromatic nitrogens is 3. The average molecular weight is 941 g/mol. The number of thiol groups is 2. The Labute approximate surface area is 383 Å². The van der Waals surface area contributed by atoms with Gasteiger partial charge >= 0.3 is 5.97 Å². The third-order valence-electron chi connectivity index (χ3n) is 9.47. The van der Waals surface area contributed by atoms with Gasteiger partial charge in [0.05, 0.1) is 38.7 Å². The van der Waals surface area contributed by atoms with Gasteiger partial charge in [-0.1, -0.05) is 31.2 Å². The van der Waals surface area contributed by atoms with E-state index in [-0.39, 0.29) is 55.3 Å². The minimum atomic E-state index is -1.60. The minimum absolute atomic E-state index is 0.0119. The lowest BCUT2D eigenvalue weighted by Crippen LogP contribution is -2.61. The van der Waals surface area contributed by atoms with Gasteiger partial charge in [-0.25, -0.2) is 9.48 Å². The number of unbranched alkanes of at least 4 members (excludes halogenated alkanes) is 1. The lowest BCUT2D eigenvalue weighted by Gasteiger charge is -2.26. The van der Waals surface area contributed by atoms with E-state index in [1.165, 1.54) is 24.3 Å². The highest BCUT2D eigenvalue weighted by molar-refractivity contribution is 7.80. The van der Waals surface area contributed by atoms with Crippen molar-refractivity contribution in [3.8, 4) is 5.75 Å². The first kappa shape index (κ1) is 55.1.